The van der Waals surface area contributed by atoms with Crippen molar-refractivity contribution in [1.29, 1.82) is 0 Å². The Morgan fingerprint density at radius 1 is 1.20 bits per heavy atom. The van der Waals surface area contributed by atoms with Crippen LogP contribution in [0.25, 0.3) is 0 Å². The largest absolute Gasteiger partial charge is 0.508 e. The predicted octanol–water partition coefficient (Wildman–Crippen LogP) is 2.88. The molecule has 0 unspecified atom stereocenters. The van der Waals surface area contributed by atoms with Gasteiger partial charge in [-0.05, 0) is 29.1 Å². The summed E-state index contributed by atoms with van der Waals surface area (Å²) in [6.45, 7) is 0. The van der Waals surface area contributed by atoms with Gasteiger partial charge in [0.2, 0.25) is 0 Å². The molecule has 0 saturated carbocycles. The van der Waals surface area contributed by atoms with Gasteiger partial charge in [-0.25, -0.2) is 0 Å². The van der Waals surface area contributed by atoms with Crippen LogP contribution in [0.5, 0.6) is 5.75 Å². The van der Waals surface area contributed by atoms with E-state index in [9.17, 15) is 4.79 Å². The number of rotatable bonds is 3. The molecule has 0 aliphatic rings. The Morgan fingerprint density at radius 3 is 2.53 bits per heavy atom. The van der Waals surface area contributed by atoms with Crippen molar-refractivity contribution < 1.29 is 9.90 Å². The van der Waals surface area contributed by atoms with Crippen molar-refractivity contribution in [3.8, 4) is 5.75 Å². The van der Waals surface area contributed by atoms with Crippen molar-refractivity contribution in [2.24, 2.45) is 0 Å². The average molecular weight is 218 g/mol. The lowest BCUT2D eigenvalue weighted by Gasteiger charge is -1.99. The van der Waals surface area contributed by atoms with Crippen molar-refractivity contribution in [3.05, 3.63) is 52.2 Å². The number of hydrogen-bond acceptors (Lipinski definition) is 3. The summed E-state index contributed by atoms with van der Waals surface area (Å²) in [6, 6.07) is 8.54. The molecule has 0 radical (unpaired) electrons. The molecule has 3 heteroatoms. The van der Waals surface area contributed by atoms with Gasteiger partial charge in [-0.1, -0.05) is 12.1 Å². The molecule has 15 heavy (non-hydrogen) atoms. The molecule has 76 valence electrons. The first-order chi connectivity index (χ1) is 7.25. The second-order valence-electron chi connectivity index (χ2n) is 3.28. The number of hydrogen-bond donors (Lipinski definition) is 1. The van der Waals surface area contributed by atoms with Crippen LogP contribution in [0.3, 0.4) is 0 Å². The second-order valence-corrected chi connectivity index (χ2v) is 4.06. The first kappa shape index (κ1) is 9.93. The molecule has 1 aromatic carbocycles. The van der Waals surface area contributed by atoms with Gasteiger partial charge in [-0.3, -0.25) is 4.79 Å². The molecule has 0 aliphatic heterocycles. The second kappa shape index (κ2) is 4.28. The van der Waals surface area contributed by atoms with Crippen LogP contribution in [0.1, 0.15) is 15.9 Å². The third-order valence-corrected chi connectivity index (χ3v) is 2.83. The minimum Gasteiger partial charge on any atom is -0.508 e. The lowest BCUT2D eigenvalue weighted by atomic mass is 10.1. The Balaban J connectivity index is 2.09. The fourth-order valence-corrected chi connectivity index (χ4v) is 1.98. The highest BCUT2D eigenvalue weighted by molar-refractivity contribution is 7.08. The first-order valence-corrected chi connectivity index (χ1v) is 5.53. The third kappa shape index (κ3) is 2.44. The van der Waals surface area contributed by atoms with Crippen LogP contribution in [-0.2, 0) is 6.42 Å². The van der Waals surface area contributed by atoms with E-state index < -0.39 is 0 Å². The van der Waals surface area contributed by atoms with Gasteiger partial charge in [-0.15, -0.1) is 0 Å². The van der Waals surface area contributed by atoms with E-state index in [1.54, 1.807) is 24.3 Å². The maximum atomic E-state index is 11.7. The van der Waals surface area contributed by atoms with Crippen molar-refractivity contribution in [2.75, 3.05) is 0 Å². The number of ketones is 1. The van der Waals surface area contributed by atoms with Crippen LogP contribution in [0.15, 0.2) is 41.1 Å². The Labute approximate surface area is 91.8 Å². The molecule has 1 N–H and O–H groups in total. The molecular weight excluding hydrogens is 208 g/mol. The van der Waals surface area contributed by atoms with E-state index in [1.165, 1.54) is 11.3 Å². The summed E-state index contributed by atoms with van der Waals surface area (Å²) < 4.78 is 0. The van der Waals surface area contributed by atoms with Gasteiger partial charge in [-0.2, -0.15) is 11.3 Å². The summed E-state index contributed by atoms with van der Waals surface area (Å²) in [6.07, 6.45) is 0.386. The highest BCUT2D eigenvalue weighted by Gasteiger charge is 2.06. The minimum atomic E-state index is 0.113. The Kier molecular flexibility index (Phi) is 2.83. The topological polar surface area (TPSA) is 37.3 Å². The molecule has 0 saturated heterocycles. The van der Waals surface area contributed by atoms with Gasteiger partial charge in [0.1, 0.15) is 5.75 Å². The fraction of sp³-hybridized carbons (Fsp3) is 0.0833. The van der Waals surface area contributed by atoms with Crippen LogP contribution >= 0.6 is 11.3 Å². The molecule has 0 bridgehead atoms. The van der Waals surface area contributed by atoms with E-state index in [1.807, 2.05) is 16.8 Å². The number of phenols is 1. The van der Waals surface area contributed by atoms with E-state index in [-0.39, 0.29) is 11.5 Å². The van der Waals surface area contributed by atoms with Crippen molar-refractivity contribution in [3.63, 3.8) is 0 Å². The maximum Gasteiger partial charge on any atom is 0.168 e. The van der Waals surface area contributed by atoms with Gasteiger partial charge in [0, 0.05) is 17.4 Å². The predicted molar refractivity (Wildman–Crippen MR) is 60.5 cm³/mol. The van der Waals surface area contributed by atoms with Gasteiger partial charge < -0.3 is 5.11 Å². The molecule has 0 fully saturated rings. The van der Waals surface area contributed by atoms with Crippen molar-refractivity contribution >= 4 is 17.1 Å². The Hall–Kier alpha value is -1.61. The zero-order valence-electron chi connectivity index (χ0n) is 8.01. The summed E-state index contributed by atoms with van der Waals surface area (Å²) in [5.74, 6) is 0.337. The highest BCUT2D eigenvalue weighted by atomic mass is 32.1. The molecule has 1 aromatic heterocycles. The summed E-state index contributed by atoms with van der Waals surface area (Å²) in [4.78, 5) is 11.7. The lowest BCUT2D eigenvalue weighted by Crippen LogP contribution is -2.01. The van der Waals surface area contributed by atoms with Gasteiger partial charge >= 0.3 is 0 Å². The number of benzene rings is 1. The van der Waals surface area contributed by atoms with Crippen LogP contribution in [-0.4, -0.2) is 10.9 Å². The molecule has 2 nitrogen and oxygen atoms in total. The van der Waals surface area contributed by atoms with E-state index in [0.717, 1.165) is 11.1 Å². The number of Topliss-reactive ketones (excluding diaryl/α,β-unsaturated/α-hetero) is 1. The maximum absolute atomic E-state index is 11.7. The lowest BCUT2D eigenvalue weighted by molar-refractivity contribution is 0.0993. The van der Waals surface area contributed by atoms with Gasteiger partial charge in [0.25, 0.3) is 0 Å². The molecule has 0 aliphatic carbocycles. The zero-order chi connectivity index (χ0) is 10.7. The highest BCUT2D eigenvalue weighted by Crippen LogP contribution is 2.13. The third-order valence-electron chi connectivity index (χ3n) is 2.14. The fourth-order valence-electron chi connectivity index (χ4n) is 1.32. The molecule has 0 atom stereocenters. The van der Waals surface area contributed by atoms with Crippen LogP contribution in [0.4, 0.5) is 0 Å². The number of thiophene rings is 1. The zero-order valence-corrected chi connectivity index (χ0v) is 8.83. The Bertz CT molecular complexity index is 443. The van der Waals surface area contributed by atoms with E-state index in [0.29, 0.717) is 6.42 Å². The first-order valence-electron chi connectivity index (χ1n) is 4.59. The smallest absolute Gasteiger partial charge is 0.168 e. The van der Waals surface area contributed by atoms with Gasteiger partial charge in [0.15, 0.2) is 5.78 Å². The number of carbonyl (C=O) groups is 1. The molecule has 2 rings (SSSR count). The minimum absolute atomic E-state index is 0.113. The quantitative estimate of drug-likeness (QED) is 0.804. The van der Waals surface area contributed by atoms with Crippen LogP contribution < -0.4 is 0 Å². The van der Waals surface area contributed by atoms with E-state index >= 15 is 0 Å². The summed E-state index contributed by atoms with van der Waals surface area (Å²) in [5.41, 5.74) is 1.68. The number of carbonyl (C=O) groups excluding carboxylic acids is 1. The summed E-state index contributed by atoms with van der Waals surface area (Å²) >= 11 is 1.52. The molecule has 0 amide bonds. The average Bonchev–Trinajstić information content (AvgIpc) is 2.74. The molecule has 2 aromatic rings. The number of phenolic OH excluding ortho intramolecular Hbond substituents is 1. The van der Waals surface area contributed by atoms with Crippen molar-refractivity contribution in [1.82, 2.24) is 0 Å². The normalized spacial score (nSPS) is 10.1. The van der Waals surface area contributed by atoms with Crippen LogP contribution in [0.2, 0.25) is 0 Å². The van der Waals surface area contributed by atoms with Crippen molar-refractivity contribution in [2.45, 2.75) is 6.42 Å². The molecule has 0 spiro atoms. The molecular formula is C12H10O2S. The Morgan fingerprint density at radius 2 is 1.93 bits per heavy atom. The van der Waals surface area contributed by atoms with Crippen LogP contribution in [0, 0.1) is 0 Å². The van der Waals surface area contributed by atoms with E-state index in [4.69, 9.17) is 5.11 Å². The SMILES string of the molecule is O=C(Cc1ccc(O)cc1)c1ccsc1. The standard InChI is InChI=1S/C12H10O2S/c13-11-3-1-9(2-4-11)7-12(14)10-5-6-15-8-10/h1-6,8,13H,7H2. The number of aromatic hydroxyl groups is 1. The summed E-state index contributed by atoms with van der Waals surface area (Å²) in [7, 11) is 0. The van der Waals surface area contributed by atoms with E-state index in [2.05, 4.69) is 0 Å². The summed E-state index contributed by atoms with van der Waals surface area (Å²) in [5, 5.41) is 12.8. The molecule has 1 heterocycles. The van der Waals surface area contributed by atoms with Gasteiger partial charge in [0.05, 0.1) is 0 Å². The monoisotopic (exact) mass is 218 g/mol.